The fraction of sp³-hybridized carbons (Fsp3) is 0.294. The number of halogens is 2. The number of hydrogen-bond donors (Lipinski definition) is 1. The summed E-state index contributed by atoms with van der Waals surface area (Å²) in [7, 11) is 0. The lowest BCUT2D eigenvalue weighted by Crippen LogP contribution is -2.23. The van der Waals surface area contributed by atoms with Gasteiger partial charge in [-0.2, -0.15) is 0 Å². The van der Waals surface area contributed by atoms with Gasteiger partial charge in [-0.15, -0.1) is 0 Å². The highest BCUT2D eigenvalue weighted by Crippen LogP contribution is 2.28. The van der Waals surface area contributed by atoms with Crippen LogP contribution in [0.4, 0.5) is 4.39 Å². The van der Waals surface area contributed by atoms with Crippen molar-refractivity contribution >= 4 is 15.9 Å². The maximum atomic E-state index is 13.7. The topological polar surface area (TPSA) is 12.0 Å². The molecule has 0 aliphatic rings. The maximum absolute atomic E-state index is 13.7. The largest absolute Gasteiger partial charge is 0.307 e. The lowest BCUT2D eigenvalue weighted by molar-refractivity contribution is 0.600. The zero-order chi connectivity index (χ0) is 14.7. The van der Waals surface area contributed by atoms with Gasteiger partial charge in [-0.3, -0.25) is 0 Å². The number of aryl methyl sites for hydroxylation is 2. The molecule has 0 bridgehead atoms. The van der Waals surface area contributed by atoms with Crippen LogP contribution in [0.25, 0.3) is 0 Å². The van der Waals surface area contributed by atoms with E-state index in [0.717, 1.165) is 16.6 Å². The third-order valence-corrected chi connectivity index (χ3v) is 3.83. The normalized spacial score (nSPS) is 12.4. The Hall–Kier alpha value is -1.19. The second-order valence-corrected chi connectivity index (χ2v) is 5.97. The molecule has 0 aromatic heterocycles. The van der Waals surface area contributed by atoms with Crippen LogP contribution < -0.4 is 5.32 Å². The molecular weight excluding hydrogens is 317 g/mol. The smallest absolute Gasteiger partial charge is 0.124 e. The molecule has 1 unspecified atom stereocenters. The molecule has 0 aliphatic heterocycles. The highest BCUT2D eigenvalue weighted by Gasteiger charge is 2.16. The average Bonchev–Trinajstić information content (AvgIpc) is 2.38. The average molecular weight is 336 g/mol. The van der Waals surface area contributed by atoms with Crippen LogP contribution >= 0.6 is 15.9 Å². The summed E-state index contributed by atoms with van der Waals surface area (Å²) >= 11 is 3.37. The Morgan fingerprint density at radius 1 is 1.15 bits per heavy atom. The van der Waals surface area contributed by atoms with Crippen molar-refractivity contribution in [3.8, 4) is 0 Å². The van der Waals surface area contributed by atoms with Gasteiger partial charge in [0.15, 0.2) is 0 Å². The quantitative estimate of drug-likeness (QED) is 0.837. The molecule has 0 saturated carbocycles. The van der Waals surface area contributed by atoms with Gasteiger partial charge in [0.25, 0.3) is 0 Å². The molecule has 3 heteroatoms. The predicted molar refractivity (Wildman–Crippen MR) is 85.5 cm³/mol. The minimum Gasteiger partial charge on any atom is -0.307 e. The highest BCUT2D eigenvalue weighted by molar-refractivity contribution is 9.10. The van der Waals surface area contributed by atoms with Gasteiger partial charge in [-0.1, -0.05) is 46.6 Å². The fourth-order valence-electron chi connectivity index (χ4n) is 2.42. The predicted octanol–water partition coefficient (Wildman–Crippen LogP) is 4.90. The summed E-state index contributed by atoms with van der Waals surface area (Å²) in [6.45, 7) is 7.06. The van der Waals surface area contributed by atoms with E-state index in [4.69, 9.17) is 0 Å². The summed E-state index contributed by atoms with van der Waals surface area (Å²) in [4.78, 5) is 0. The molecule has 1 nitrogen and oxygen atoms in total. The SMILES string of the molecule is CCNC(c1cc(F)cc(Br)c1)c1cc(C)ccc1C. The van der Waals surface area contributed by atoms with Crippen LogP contribution in [0, 0.1) is 19.7 Å². The molecular formula is C17H19BrFN. The molecule has 20 heavy (non-hydrogen) atoms. The second-order valence-electron chi connectivity index (χ2n) is 5.05. The van der Waals surface area contributed by atoms with E-state index in [1.807, 2.05) is 6.07 Å². The number of rotatable bonds is 4. The summed E-state index contributed by atoms with van der Waals surface area (Å²) in [6, 6.07) is 11.4. The van der Waals surface area contributed by atoms with E-state index >= 15 is 0 Å². The van der Waals surface area contributed by atoms with Crippen LogP contribution in [-0.2, 0) is 0 Å². The zero-order valence-corrected chi connectivity index (χ0v) is 13.6. The van der Waals surface area contributed by atoms with E-state index in [1.165, 1.54) is 22.8 Å². The molecule has 0 heterocycles. The molecule has 0 radical (unpaired) electrons. The Bertz CT molecular complexity index is 590. The van der Waals surface area contributed by atoms with Crippen molar-refractivity contribution < 1.29 is 4.39 Å². The van der Waals surface area contributed by atoms with Crippen LogP contribution in [-0.4, -0.2) is 6.54 Å². The molecule has 0 amide bonds. The maximum Gasteiger partial charge on any atom is 0.124 e. The molecule has 0 aliphatic carbocycles. The summed E-state index contributed by atoms with van der Waals surface area (Å²) < 4.78 is 14.4. The van der Waals surface area contributed by atoms with Crippen molar-refractivity contribution in [1.82, 2.24) is 5.32 Å². The van der Waals surface area contributed by atoms with Crippen LogP contribution in [0.15, 0.2) is 40.9 Å². The van der Waals surface area contributed by atoms with E-state index in [1.54, 1.807) is 6.07 Å². The van der Waals surface area contributed by atoms with Crippen molar-refractivity contribution in [3.05, 3.63) is 68.9 Å². The second kappa shape index (κ2) is 6.51. The van der Waals surface area contributed by atoms with Gasteiger partial charge in [-0.25, -0.2) is 4.39 Å². The van der Waals surface area contributed by atoms with E-state index in [2.05, 4.69) is 60.2 Å². The monoisotopic (exact) mass is 335 g/mol. The number of benzene rings is 2. The van der Waals surface area contributed by atoms with E-state index in [9.17, 15) is 4.39 Å². The van der Waals surface area contributed by atoms with Gasteiger partial charge in [-0.05, 0) is 55.3 Å². The van der Waals surface area contributed by atoms with E-state index in [0.29, 0.717) is 0 Å². The third-order valence-electron chi connectivity index (χ3n) is 3.37. The first kappa shape index (κ1) is 15.2. The van der Waals surface area contributed by atoms with Gasteiger partial charge < -0.3 is 5.32 Å². The number of hydrogen-bond acceptors (Lipinski definition) is 1. The molecule has 2 aromatic rings. The fourth-order valence-corrected chi connectivity index (χ4v) is 2.91. The van der Waals surface area contributed by atoms with E-state index in [-0.39, 0.29) is 11.9 Å². The summed E-state index contributed by atoms with van der Waals surface area (Å²) in [5.74, 6) is -0.220. The standard InChI is InChI=1S/C17H19BrFN/c1-4-20-17(13-8-14(18)10-15(19)9-13)16-7-11(2)5-6-12(16)3/h5-10,17,20H,4H2,1-3H3. The molecule has 2 rings (SSSR count). The zero-order valence-electron chi connectivity index (χ0n) is 12.0. The van der Waals surface area contributed by atoms with Gasteiger partial charge in [0.1, 0.15) is 5.82 Å². The van der Waals surface area contributed by atoms with Crippen molar-refractivity contribution in [2.75, 3.05) is 6.54 Å². The molecule has 0 fully saturated rings. The third kappa shape index (κ3) is 3.47. The first-order valence-corrected chi connectivity index (χ1v) is 7.57. The number of nitrogens with one attached hydrogen (secondary N) is 1. The van der Waals surface area contributed by atoms with Crippen LogP contribution in [0.5, 0.6) is 0 Å². The molecule has 1 atom stereocenters. The minimum atomic E-state index is -0.220. The van der Waals surface area contributed by atoms with Crippen LogP contribution in [0.1, 0.15) is 35.2 Å². The van der Waals surface area contributed by atoms with E-state index < -0.39 is 0 Å². The van der Waals surface area contributed by atoms with Crippen LogP contribution in [0.3, 0.4) is 0 Å². The first-order valence-electron chi connectivity index (χ1n) is 6.77. The Morgan fingerprint density at radius 2 is 1.90 bits per heavy atom. The van der Waals surface area contributed by atoms with Gasteiger partial charge >= 0.3 is 0 Å². The summed E-state index contributed by atoms with van der Waals surface area (Å²) in [5, 5.41) is 3.45. The van der Waals surface area contributed by atoms with Gasteiger partial charge in [0, 0.05) is 4.47 Å². The molecule has 106 valence electrons. The van der Waals surface area contributed by atoms with Crippen molar-refractivity contribution in [2.45, 2.75) is 26.8 Å². The summed E-state index contributed by atoms with van der Waals surface area (Å²) in [5.41, 5.74) is 4.56. The van der Waals surface area contributed by atoms with Crippen molar-refractivity contribution in [3.63, 3.8) is 0 Å². The molecule has 1 N–H and O–H groups in total. The van der Waals surface area contributed by atoms with Crippen molar-refractivity contribution in [2.24, 2.45) is 0 Å². The molecule has 2 aromatic carbocycles. The molecule has 0 spiro atoms. The Labute approximate surface area is 128 Å². The summed E-state index contributed by atoms with van der Waals surface area (Å²) in [6.07, 6.45) is 0. The lowest BCUT2D eigenvalue weighted by Gasteiger charge is -2.22. The van der Waals surface area contributed by atoms with Crippen LogP contribution in [0.2, 0.25) is 0 Å². The van der Waals surface area contributed by atoms with Gasteiger partial charge in [0.05, 0.1) is 6.04 Å². The molecule has 0 saturated heterocycles. The lowest BCUT2D eigenvalue weighted by atomic mass is 9.93. The van der Waals surface area contributed by atoms with Crippen molar-refractivity contribution in [1.29, 1.82) is 0 Å². The highest BCUT2D eigenvalue weighted by atomic mass is 79.9. The Balaban J connectivity index is 2.52. The minimum absolute atomic E-state index is 0.00639. The Morgan fingerprint density at radius 3 is 2.55 bits per heavy atom. The van der Waals surface area contributed by atoms with Gasteiger partial charge in [0.2, 0.25) is 0 Å². The first-order chi connectivity index (χ1) is 9.51. The Kier molecular flexibility index (Phi) is 4.95.